The molecule has 12 heteroatoms. The van der Waals surface area contributed by atoms with Gasteiger partial charge in [-0.3, -0.25) is 14.3 Å². The number of aromatic nitrogens is 4. The predicted molar refractivity (Wildman–Crippen MR) is 125 cm³/mol. The lowest BCUT2D eigenvalue weighted by Gasteiger charge is -2.22. The lowest BCUT2D eigenvalue weighted by molar-refractivity contribution is 0.0858. The van der Waals surface area contributed by atoms with Crippen LogP contribution in [-0.4, -0.2) is 71.0 Å². The fraction of sp³-hybridized carbons (Fsp3) is 0.409. The molecular formula is C22H25N7O4S. The molecule has 5 heterocycles. The highest BCUT2D eigenvalue weighted by Gasteiger charge is 2.24. The summed E-state index contributed by atoms with van der Waals surface area (Å²) in [5.41, 5.74) is 1.59. The van der Waals surface area contributed by atoms with Crippen molar-refractivity contribution in [1.29, 1.82) is 0 Å². The van der Waals surface area contributed by atoms with Crippen LogP contribution in [0.2, 0.25) is 0 Å². The highest BCUT2D eigenvalue weighted by atomic mass is 32.1. The van der Waals surface area contributed by atoms with Gasteiger partial charge in [-0.25, -0.2) is 9.97 Å². The van der Waals surface area contributed by atoms with Crippen molar-refractivity contribution in [2.45, 2.75) is 18.9 Å². The number of hydrogen-bond donors (Lipinski definition) is 3. The molecule has 3 N–H and O–H groups in total. The van der Waals surface area contributed by atoms with Crippen molar-refractivity contribution >= 4 is 28.8 Å². The van der Waals surface area contributed by atoms with Gasteiger partial charge in [-0.15, -0.1) is 11.3 Å². The zero-order valence-corrected chi connectivity index (χ0v) is 19.3. The standard InChI is InChI=1S/C22H25N7O4S/c30-20-17-13-34-22(27-17)14-1-6-24-18(11-14)33-10-9-32-8-7-25-21(31)19-16(26-20)12-29(28-19)15-2-4-23-5-3-15/h1,6,11-13,15,23H,2-5,7-10H2,(H,25,31)(H,26,30). The van der Waals surface area contributed by atoms with Crippen LogP contribution in [-0.2, 0) is 4.74 Å². The largest absolute Gasteiger partial charge is 0.475 e. The first-order valence-corrected chi connectivity index (χ1v) is 12.1. The highest BCUT2D eigenvalue weighted by molar-refractivity contribution is 7.13. The number of pyridine rings is 1. The highest BCUT2D eigenvalue weighted by Crippen LogP contribution is 2.27. The molecular weight excluding hydrogens is 458 g/mol. The van der Waals surface area contributed by atoms with Crippen LogP contribution < -0.4 is 20.7 Å². The van der Waals surface area contributed by atoms with E-state index in [1.165, 1.54) is 11.3 Å². The number of piperidine rings is 1. The summed E-state index contributed by atoms with van der Waals surface area (Å²) >= 11 is 1.34. The lowest BCUT2D eigenvalue weighted by Crippen LogP contribution is -2.31. The maximum Gasteiger partial charge on any atom is 0.275 e. The van der Waals surface area contributed by atoms with Gasteiger partial charge in [-0.05, 0) is 32.0 Å². The number of thiazole rings is 1. The second kappa shape index (κ2) is 10.3. The number of fused-ring (bicyclic) bond motifs is 6. The third kappa shape index (κ3) is 5.08. The summed E-state index contributed by atoms with van der Waals surface area (Å²) < 4.78 is 13.0. The molecule has 1 fully saturated rings. The molecule has 1 saturated heterocycles. The van der Waals surface area contributed by atoms with Crippen molar-refractivity contribution in [3.63, 3.8) is 0 Å². The van der Waals surface area contributed by atoms with Crippen LogP contribution in [0.25, 0.3) is 10.6 Å². The van der Waals surface area contributed by atoms with Gasteiger partial charge >= 0.3 is 0 Å². The van der Waals surface area contributed by atoms with Gasteiger partial charge < -0.3 is 25.4 Å². The first-order chi connectivity index (χ1) is 16.7. The molecule has 0 radical (unpaired) electrons. The quantitative estimate of drug-likeness (QED) is 0.477. The Morgan fingerprint density at radius 3 is 2.85 bits per heavy atom. The molecule has 178 valence electrons. The van der Waals surface area contributed by atoms with Gasteiger partial charge in [0.15, 0.2) is 5.69 Å². The Labute approximate surface area is 199 Å². The molecule has 0 aliphatic carbocycles. The van der Waals surface area contributed by atoms with E-state index in [0.29, 0.717) is 42.9 Å². The fourth-order valence-electron chi connectivity index (χ4n) is 3.86. The molecule has 2 aliphatic rings. The maximum absolute atomic E-state index is 13.0. The Bertz CT molecular complexity index is 1170. The van der Waals surface area contributed by atoms with E-state index in [1.54, 1.807) is 28.5 Å². The van der Waals surface area contributed by atoms with Crippen LogP contribution in [0.4, 0.5) is 5.69 Å². The SMILES string of the molecule is O=C1Nc2cn(C3CCNCC3)nc2C(=O)NCCOCCOc2cc(ccn2)-c2nc1cs2. The van der Waals surface area contributed by atoms with Gasteiger partial charge in [0.1, 0.15) is 17.3 Å². The molecule has 2 amide bonds. The van der Waals surface area contributed by atoms with E-state index in [-0.39, 0.29) is 23.3 Å². The van der Waals surface area contributed by atoms with E-state index in [1.807, 2.05) is 6.07 Å². The molecule has 3 aromatic heterocycles. The second-order valence-electron chi connectivity index (χ2n) is 7.94. The number of carbonyl (C=O) groups is 2. The van der Waals surface area contributed by atoms with Crippen molar-refractivity contribution in [2.75, 3.05) is 44.8 Å². The minimum Gasteiger partial charge on any atom is -0.475 e. The van der Waals surface area contributed by atoms with Crippen LogP contribution in [0, 0.1) is 0 Å². The summed E-state index contributed by atoms with van der Waals surface area (Å²) in [6.45, 7) is 3.06. The number of nitrogens with zero attached hydrogens (tertiary/aromatic N) is 4. The molecule has 0 unspecified atom stereocenters. The minimum atomic E-state index is -0.406. The van der Waals surface area contributed by atoms with E-state index in [2.05, 4.69) is 31.0 Å². The summed E-state index contributed by atoms with van der Waals surface area (Å²) in [4.78, 5) is 34.6. The first kappa shape index (κ1) is 22.4. The van der Waals surface area contributed by atoms with Crippen LogP contribution >= 0.6 is 11.3 Å². The van der Waals surface area contributed by atoms with Crippen LogP contribution in [0.5, 0.6) is 5.88 Å². The lowest BCUT2D eigenvalue weighted by atomic mass is 10.1. The number of nitrogens with one attached hydrogen (secondary N) is 3. The van der Waals surface area contributed by atoms with Crippen molar-refractivity contribution in [2.24, 2.45) is 0 Å². The fourth-order valence-corrected chi connectivity index (χ4v) is 4.65. The molecule has 2 aliphatic heterocycles. The second-order valence-corrected chi connectivity index (χ2v) is 8.80. The summed E-state index contributed by atoms with van der Waals surface area (Å²) in [5.74, 6) is -0.329. The molecule has 5 rings (SSSR count). The van der Waals surface area contributed by atoms with E-state index in [0.717, 1.165) is 31.5 Å². The van der Waals surface area contributed by atoms with Gasteiger partial charge in [-0.2, -0.15) is 5.10 Å². The van der Waals surface area contributed by atoms with Gasteiger partial charge in [0.2, 0.25) is 5.88 Å². The zero-order valence-electron chi connectivity index (χ0n) is 18.5. The molecule has 34 heavy (non-hydrogen) atoms. The molecule has 0 atom stereocenters. The molecule has 3 aromatic rings. The molecule has 0 spiro atoms. The summed E-state index contributed by atoms with van der Waals surface area (Å²) in [7, 11) is 0. The Morgan fingerprint density at radius 1 is 1.09 bits per heavy atom. The Hall–Kier alpha value is -3.35. The normalized spacial score (nSPS) is 18.1. The Morgan fingerprint density at radius 2 is 1.97 bits per heavy atom. The summed E-state index contributed by atoms with van der Waals surface area (Å²) in [6.07, 6.45) is 5.17. The van der Waals surface area contributed by atoms with Crippen LogP contribution in [0.3, 0.4) is 0 Å². The zero-order chi connectivity index (χ0) is 23.3. The van der Waals surface area contributed by atoms with Crippen molar-refractivity contribution in [3.05, 3.63) is 41.3 Å². The van der Waals surface area contributed by atoms with E-state index in [4.69, 9.17) is 9.47 Å². The van der Waals surface area contributed by atoms with Gasteiger partial charge in [0.25, 0.3) is 11.8 Å². The molecule has 11 nitrogen and oxygen atoms in total. The number of anilines is 1. The average molecular weight is 484 g/mol. The molecule has 4 bridgehead atoms. The number of amides is 2. The number of rotatable bonds is 1. The van der Waals surface area contributed by atoms with Crippen molar-refractivity contribution in [3.8, 4) is 16.5 Å². The van der Waals surface area contributed by atoms with Crippen LogP contribution in [0.15, 0.2) is 29.9 Å². The topological polar surface area (TPSA) is 132 Å². The summed E-state index contributed by atoms with van der Waals surface area (Å²) in [5, 5.41) is 15.8. The monoisotopic (exact) mass is 483 g/mol. The smallest absolute Gasteiger partial charge is 0.275 e. The first-order valence-electron chi connectivity index (χ1n) is 11.2. The Balaban J connectivity index is 1.44. The van der Waals surface area contributed by atoms with Crippen molar-refractivity contribution < 1.29 is 19.1 Å². The summed E-state index contributed by atoms with van der Waals surface area (Å²) in [6, 6.07) is 3.76. The van der Waals surface area contributed by atoms with E-state index in [9.17, 15) is 9.59 Å². The maximum atomic E-state index is 13.0. The van der Waals surface area contributed by atoms with Gasteiger partial charge in [0.05, 0.1) is 24.9 Å². The predicted octanol–water partition coefficient (Wildman–Crippen LogP) is 1.72. The number of hydrogen-bond acceptors (Lipinski definition) is 9. The Kier molecular flexibility index (Phi) is 6.79. The van der Waals surface area contributed by atoms with E-state index >= 15 is 0 Å². The van der Waals surface area contributed by atoms with Crippen molar-refractivity contribution in [1.82, 2.24) is 30.4 Å². The number of carbonyl (C=O) groups excluding carboxylic acids is 2. The van der Waals surface area contributed by atoms with Gasteiger partial charge in [0, 0.05) is 35.9 Å². The van der Waals surface area contributed by atoms with Gasteiger partial charge in [-0.1, -0.05) is 0 Å². The van der Waals surface area contributed by atoms with Crippen LogP contribution in [0.1, 0.15) is 39.9 Å². The third-order valence-corrected chi connectivity index (χ3v) is 6.50. The molecule has 0 saturated carbocycles. The third-order valence-electron chi connectivity index (χ3n) is 5.61. The number of ether oxygens (including phenoxy) is 2. The average Bonchev–Trinajstić information content (AvgIpc) is 3.52. The minimum absolute atomic E-state index is 0.162. The molecule has 0 aromatic carbocycles. The van der Waals surface area contributed by atoms with E-state index < -0.39 is 5.91 Å².